The normalized spacial score (nSPS) is 17.2. The van der Waals surface area contributed by atoms with Crippen LogP contribution in [-0.2, 0) is 7.05 Å². The van der Waals surface area contributed by atoms with Crippen molar-refractivity contribution in [3.05, 3.63) is 30.2 Å². The molecule has 2 heteroatoms. The van der Waals surface area contributed by atoms with E-state index in [4.69, 9.17) is 0 Å². The second kappa shape index (κ2) is 2.84. The number of pyridine rings is 1. The highest BCUT2D eigenvalue weighted by Crippen LogP contribution is 2.38. The first-order chi connectivity index (χ1) is 6.86. The lowest BCUT2D eigenvalue weighted by atomic mass is 9.83. The van der Waals surface area contributed by atoms with E-state index in [0.717, 1.165) is 5.92 Å². The summed E-state index contributed by atoms with van der Waals surface area (Å²) >= 11 is 0. The summed E-state index contributed by atoms with van der Waals surface area (Å²) in [6.07, 6.45) is 7.93. The predicted molar refractivity (Wildman–Crippen MR) is 57.3 cm³/mol. The maximum Gasteiger partial charge on any atom is 0.0666 e. The Morgan fingerprint density at radius 2 is 2.29 bits per heavy atom. The molecule has 1 aliphatic rings. The highest BCUT2D eigenvalue weighted by Gasteiger charge is 2.22. The van der Waals surface area contributed by atoms with Gasteiger partial charge in [0.05, 0.1) is 11.7 Å². The Morgan fingerprint density at radius 3 is 2.93 bits per heavy atom. The van der Waals surface area contributed by atoms with E-state index >= 15 is 0 Å². The van der Waals surface area contributed by atoms with Gasteiger partial charge in [-0.3, -0.25) is 4.98 Å². The first-order valence-electron chi connectivity index (χ1n) is 5.25. The predicted octanol–water partition coefficient (Wildman–Crippen LogP) is 2.84. The minimum absolute atomic E-state index is 0.799. The molecule has 0 radical (unpaired) electrons. The summed E-state index contributed by atoms with van der Waals surface area (Å²) in [5, 5.41) is 1.32. The number of aryl methyl sites for hydroxylation is 1. The number of rotatable bonds is 1. The molecule has 2 heterocycles. The van der Waals surface area contributed by atoms with Gasteiger partial charge in [0.2, 0.25) is 0 Å². The Hall–Kier alpha value is -1.31. The lowest BCUT2D eigenvalue weighted by Gasteiger charge is -2.25. The Kier molecular flexibility index (Phi) is 1.63. The van der Waals surface area contributed by atoms with E-state index in [-0.39, 0.29) is 0 Å². The third-order valence-corrected chi connectivity index (χ3v) is 3.41. The van der Waals surface area contributed by atoms with Gasteiger partial charge in [-0.05, 0) is 30.9 Å². The Morgan fingerprint density at radius 1 is 1.43 bits per heavy atom. The van der Waals surface area contributed by atoms with Gasteiger partial charge < -0.3 is 4.57 Å². The smallest absolute Gasteiger partial charge is 0.0666 e. The van der Waals surface area contributed by atoms with Crippen LogP contribution in [0.4, 0.5) is 0 Å². The zero-order chi connectivity index (χ0) is 9.54. The molecule has 1 fully saturated rings. The molecule has 0 bridgehead atoms. The monoisotopic (exact) mass is 186 g/mol. The van der Waals surface area contributed by atoms with Gasteiger partial charge in [0.1, 0.15) is 0 Å². The number of hydrogen-bond acceptors (Lipinski definition) is 1. The van der Waals surface area contributed by atoms with E-state index in [1.165, 1.54) is 35.9 Å². The summed E-state index contributed by atoms with van der Waals surface area (Å²) in [4.78, 5) is 4.17. The highest BCUT2D eigenvalue weighted by atomic mass is 15.0. The quantitative estimate of drug-likeness (QED) is 0.669. The zero-order valence-corrected chi connectivity index (χ0v) is 8.40. The van der Waals surface area contributed by atoms with Gasteiger partial charge in [-0.25, -0.2) is 0 Å². The van der Waals surface area contributed by atoms with E-state index in [1.54, 1.807) is 0 Å². The average molecular weight is 186 g/mol. The number of aromatic nitrogens is 2. The molecule has 2 nitrogen and oxygen atoms in total. The molecule has 14 heavy (non-hydrogen) atoms. The van der Waals surface area contributed by atoms with Crippen molar-refractivity contribution in [1.82, 2.24) is 9.55 Å². The van der Waals surface area contributed by atoms with Crippen LogP contribution in [0.3, 0.4) is 0 Å². The highest BCUT2D eigenvalue weighted by molar-refractivity contribution is 5.80. The van der Waals surface area contributed by atoms with Crippen molar-refractivity contribution in [2.75, 3.05) is 0 Å². The van der Waals surface area contributed by atoms with Crippen LogP contribution in [0.15, 0.2) is 24.5 Å². The van der Waals surface area contributed by atoms with E-state index in [2.05, 4.69) is 28.7 Å². The minimum Gasteiger partial charge on any atom is -0.346 e. The minimum atomic E-state index is 0.799. The molecule has 0 N–H and O–H groups in total. The van der Waals surface area contributed by atoms with E-state index < -0.39 is 0 Å². The molecule has 0 spiro atoms. The van der Waals surface area contributed by atoms with Crippen molar-refractivity contribution in [1.29, 1.82) is 0 Å². The molecule has 0 unspecified atom stereocenters. The van der Waals surface area contributed by atoms with Crippen LogP contribution in [0.25, 0.3) is 10.9 Å². The molecule has 0 amide bonds. The molecule has 0 atom stereocenters. The van der Waals surface area contributed by atoms with Gasteiger partial charge in [-0.2, -0.15) is 0 Å². The molecule has 2 aromatic rings. The van der Waals surface area contributed by atoms with Crippen LogP contribution in [-0.4, -0.2) is 9.55 Å². The Bertz CT molecular complexity index is 466. The first-order valence-corrected chi connectivity index (χ1v) is 5.25. The molecule has 3 rings (SSSR count). The second-order valence-electron chi connectivity index (χ2n) is 4.19. The Balaban J connectivity index is 2.19. The summed E-state index contributed by atoms with van der Waals surface area (Å²) in [5.41, 5.74) is 2.74. The summed E-state index contributed by atoms with van der Waals surface area (Å²) < 4.78 is 2.30. The van der Waals surface area contributed by atoms with Crippen LogP contribution >= 0.6 is 0 Å². The summed E-state index contributed by atoms with van der Waals surface area (Å²) in [7, 11) is 2.15. The van der Waals surface area contributed by atoms with E-state index in [9.17, 15) is 0 Å². The average Bonchev–Trinajstić information content (AvgIpc) is 2.43. The van der Waals surface area contributed by atoms with Crippen molar-refractivity contribution in [3.8, 4) is 0 Å². The van der Waals surface area contributed by atoms with E-state index in [1.807, 2.05) is 12.4 Å². The third kappa shape index (κ3) is 0.999. The van der Waals surface area contributed by atoms with Gasteiger partial charge in [-0.15, -0.1) is 0 Å². The number of nitrogens with zero attached hydrogens (tertiary/aromatic N) is 2. The molecule has 0 aromatic carbocycles. The topological polar surface area (TPSA) is 17.8 Å². The number of fused-ring (bicyclic) bond motifs is 1. The van der Waals surface area contributed by atoms with Crippen LogP contribution in [0.1, 0.15) is 30.9 Å². The molecule has 1 aliphatic carbocycles. The molecule has 0 aliphatic heterocycles. The van der Waals surface area contributed by atoms with Crippen LogP contribution in [0.5, 0.6) is 0 Å². The van der Waals surface area contributed by atoms with Crippen LogP contribution in [0.2, 0.25) is 0 Å². The van der Waals surface area contributed by atoms with Gasteiger partial charge in [0.15, 0.2) is 0 Å². The fraction of sp³-hybridized carbons (Fsp3) is 0.417. The van der Waals surface area contributed by atoms with Crippen molar-refractivity contribution >= 4 is 10.9 Å². The maximum atomic E-state index is 4.17. The van der Waals surface area contributed by atoms with Crippen molar-refractivity contribution in [2.24, 2.45) is 7.05 Å². The fourth-order valence-corrected chi connectivity index (χ4v) is 2.29. The third-order valence-electron chi connectivity index (χ3n) is 3.41. The first kappa shape index (κ1) is 8.04. The second-order valence-corrected chi connectivity index (χ2v) is 4.19. The molecule has 1 saturated carbocycles. The van der Waals surface area contributed by atoms with Gasteiger partial charge in [-0.1, -0.05) is 6.42 Å². The summed E-state index contributed by atoms with van der Waals surface area (Å²) in [5.74, 6) is 0.799. The molecular weight excluding hydrogens is 172 g/mol. The lowest BCUT2D eigenvalue weighted by molar-refractivity contribution is 0.404. The maximum absolute atomic E-state index is 4.17. The molecule has 2 aromatic heterocycles. The number of hydrogen-bond donors (Lipinski definition) is 0. The van der Waals surface area contributed by atoms with Crippen molar-refractivity contribution in [3.63, 3.8) is 0 Å². The van der Waals surface area contributed by atoms with E-state index in [0.29, 0.717) is 0 Å². The summed E-state index contributed by atoms with van der Waals surface area (Å²) in [6.45, 7) is 0. The van der Waals surface area contributed by atoms with Crippen LogP contribution in [0, 0.1) is 0 Å². The van der Waals surface area contributed by atoms with Gasteiger partial charge >= 0.3 is 0 Å². The largest absolute Gasteiger partial charge is 0.346 e. The SMILES string of the molecule is Cn1c(C2CCC2)cc2ccncc21. The molecule has 0 saturated heterocycles. The van der Waals surface area contributed by atoms with Gasteiger partial charge in [0, 0.05) is 24.3 Å². The summed E-state index contributed by atoms with van der Waals surface area (Å²) in [6, 6.07) is 4.42. The lowest BCUT2D eigenvalue weighted by Crippen LogP contribution is -2.12. The van der Waals surface area contributed by atoms with Gasteiger partial charge in [0.25, 0.3) is 0 Å². The Labute approximate surface area is 83.6 Å². The standard InChI is InChI=1S/C12H14N2/c1-14-11(9-3-2-4-9)7-10-5-6-13-8-12(10)14/h5-9H,2-4H2,1H3. The van der Waals surface area contributed by atoms with Crippen molar-refractivity contribution < 1.29 is 0 Å². The fourth-order valence-electron chi connectivity index (χ4n) is 2.29. The molecule has 72 valence electrons. The van der Waals surface area contributed by atoms with Crippen molar-refractivity contribution in [2.45, 2.75) is 25.2 Å². The van der Waals surface area contributed by atoms with Crippen LogP contribution < -0.4 is 0 Å². The zero-order valence-electron chi connectivity index (χ0n) is 8.40. The molecular formula is C12H14N2.